The standard InChI is InChI=1S/C16H23BrFN3/c1-2-19-15(10-12-9-13(17)3-4-14(12)18)16-11-20-5-7-21(16)8-6-20/h3-4,9,15-16,19H,2,5-8,10-11H2,1H3. The third-order valence-corrected chi connectivity index (χ3v) is 5.19. The predicted octanol–water partition coefficient (Wildman–Crippen LogP) is 2.11. The third-order valence-electron chi connectivity index (χ3n) is 4.70. The van der Waals surface area contributed by atoms with E-state index in [0.29, 0.717) is 12.1 Å². The van der Waals surface area contributed by atoms with E-state index in [-0.39, 0.29) is 5.82 Å². The summed E-state index contributed by atoms with van der Waals surface area (Å²) in [4.78, 5) is 5.11. The van der Waals surface area contributed by atoms with Crippen molar-refractivity contribution in [2.75, 3.05) is 39.3 Å². The summed E-state index contributed by atoms with van der Waals surface area (Å²) < 4.78 is 15.0. The van der Waals surface area contributed by atoms with Gasteiger partial charge in [0.2, 0.25) is 0 Å². The van der Waals surface area contributed by atoms with Gasteiger partial charge in [-0.3, -0.25) is 9.80 Å². The highest BCUT2D eigenvalue weighted by atomic mass is 79.9. The summed E-state index contributed by atoms with van der Waals surface area (Å²) in [6, 6.07) is 6.03. The molecular weight excluding hydrogens is 333 g/mol. The van der Waals surface area contributed by atoms with Crippen LogP contribution in [0.5, 0.6) is 0 Å². The van der Waals surface area contributed by atoms with E-state index in [9.17, 15) is 4.39 Å². The van der Waals surface area contributed by atoms with Crippen LogP contribution in [0.15, 0.2) is 22.7 Å². The Morgan fingerprint density at radius 1 is 1.33 bits per heavy atom. The van der Waals surface area contributed by atoms with Crippen molar-refractivity contribution < 1.29 is 4.39 Å². The minimum Gasteiger partial charge on any atom is -0.312 e. The number of nitrogens with zero attached hydrogens (tertiary/aromatic N) is 2. The number of halogens is 2. The molecule has 0 aromatic heterocycles. The van der Waals surface area contributed by atoms with E-state index in [0.717, 1.165) is 42.6 Å². The second-order valence-corrected chi connectivity index (χ2v) is 6.92. The normalized spacial score (nSPS) is 29.6. The molecule has 3 aliphatic heterocycles. The molecule has 2 atom stereocenters. The summed E-state index contributed by atoms with van der Waals surface area (Å²) >= 11 is 3.45. The van der Waals surface area contributed by atoms with Gasteiger partial charge >= 0.3 is 0 Å². The molecule has 3 nitrogen and oxygen atoms in total. The smallest absolute Gasteiger partial charge is 0.126 e. The molecule has 2 unspecified atom stereocenters. The van der Waals surface area contributed by atoms with Crippen LogP contribution < -0.4 is 5.32 Å². The average molecular weight is 356 g/mol. The van der Waals surface area contributed by atoms with Gasteiger partial charge in [0.15, 0.2) is 0 Å². The lowest BCUT2D eigenvalue weighted by Gasteiger charge is -2.50. The summed E-state index contributed by atoms with van der Waals surface area (Å²) in [6.07, 6.45) is 0.744. The van der Waals surface area contributed by atoms with Crippen molar-refractivity contribution in [3.05, 3.63) is 34.1 Å². The van der Waals surface area contributed by atoms with Gasteiger partial charge in [0, 0.05) is 49.3 Å². The largest absolute Gasteiger partial charge is 0.312 e. The zero-order chi connectivity index (χ0) is 14.8. The molecule has 3 fully saturated rings. The van der Waals surface area contributed by atoms with Gasteiger partial charge in [-0.15, -0.1) is 0 Å². The summed E-state index contributed by atoms with van der Waals surface area (Å²) in [5.41, 5.74) is 0.799. The summed E-state index contributed by atoms with van der Waals surface area (Å²) in [5.74, 6) is -0.0996. The molecule has 1 N–H and O–H groups in total. The number of rotatable bonds is 5. The van der Waals surface area contributed by atoms with Crippen molar-refractivity contribution in [2.24, 2.45) is 0 Å². The highest BCUT2D eigenvalue weighted by molar-refractivity contribution is 9.10. The molecule has 0 radical (unpaired) electrons. The van der Waals surface area contributed by atoms with E-state index in [2.05, 4.69) is 38.0 Å². The Hall–Kier alpha value is -0.490. The van der Waals surface area contributed by atoms with Crippen molar-refractivity contribution in [1.29, 1.82) is 0 Å². The molecule has 1 aromatic rings. The minimum absolute atomic E-state index is 0.0996. The highest BCUT2D eigenvalue weighted by Gasteiger charge is 2.36. The molecule has 5 heteroatoms. The summed E-state index contributed by atoms with van der Waals surface area (Å²) in [6.45, 7) is 8.81. The van der Waals surface area contributed by atoms with E-state index in [1.807, 2.05) is 6.07 Å². The molecule has 0 saturated carbocycles. The van der Waals surface area contributed by atoms with Gasteiger partial charge in [-0.1, -0.05) is 22.9 Å². The Labute approximate surface area is 134 Å². The molecule has 3 aliphatic rings. The van der Waals surface area contributed by atoms with Crippen LogP contribution in [0, 0.1) is 5.82 Å². The molecular formula is C16H23BrFN3. The maximum absolute atomic E-state index is 14.1. The van der Waals surface area contributed by atoms with Crippen LogP contribution in [0.1, 0.15) is 12.5 Å². The topological polar surface area (TPSA) is 18.5 Å². The molecule has 3 heterocycles. The second kappa shape index (κ2) is 6.73. The Kier molecular flexibility index (Phi) is 4.94. The van der Waals surface area contributed by atoms with Gasteiger partial charge in [-0.2, -0.15) is 0 Å². The molecule has 1 aromatic carbocycles. The maximum Gasteiger partial charge on any atom is 0.126 e. The van der Waals surface area contributed by atoms with Gasteiger partial charge in [0.25, 0.3) is 0 Å². The molecule has 21 heavy (non-hydrogen) atoms. The first-order valence-electron chi connectivity index (χ1n) is 7.81. The van der Waals surface area contributed by atoms with Crippen LogP contribution >= 0.6 is 15.9 Å². The van der Waals surface area contributed by atoms with Gasteiger partial charge in [-0.05, 0) is 36.7 Å². The number of nitrogens with one attached hydrogen (secondary N) is 1. The molecule has 0 spiro atoms. The number of benzene rings is 1. The predicted molar refractivity (Wildman–Crippen MR) is 87.1 cm³/mol. The van der Waals surface area contributed by atoms with Crippen molar-refractivity contribution >= 4 is 15.9 Å². The maximum atomic E-state index is 14.1. The first-order chi connectivity index (χ1) is 10.2. The van der Waals surface area contributed by atoms with Gasteiger partial charge in [-0.25, -0.2) is 4.39 Å². The minimum atomic E-state index is -0.0996. The Bertz CT molecular complexity index is 488. The Morgan fingerprint density at radius 3 is 2.71 bits per heavy atom. The monoisotopic (exact) mass is 355 g/mol. The molecule has 3 saturated heterocycles. The number of fused-ring (bicyclic) bond motifs is 3. The average Bonchev–Trinajstić information content (AvgIpc) is 2.51. The summed E-state index contributed by atoms with van der Waals surface area (Å²) in [5, 5.41) is 3.58. The van der Waals surface area contributed by atoms with Crippen LogP contribution in [0.3, 0.4) is 0 Å². The molecule has 116 valence electrons. The lowest BCUT2D eigenvalue weighted by molar-refractivity contribution is -0.00299. The van der Waals surface area contributed by atoms with E-state index < -0.39 is 0 Å². The van der Waals surface area contributed by atoms with Crippen molar-refractivity contribution in [3.8, 4) is 0 Å². The van der Waals surface area contributed by atoms with Crippen LogP contribution in [-0.4, -0.2) is 61.2 Å². The van der Waals surface area contributed by atoms with E-state index in [4.69, 9.17) is 0 Å². The van der Waals surface area contributed by atoms with Gasteiger partial charge in [0.05, 0.1) is 0 Å². The number of hydrogen-bond donors (Lipinski definition) is 1. The molecule has 0 amide bonds. The lowest BCUT2D eigenvalue weighted by Crippen LogP contribution is -2.66. The molecule has 4 rings (SSSR count). The van der Waals surface area contributed by atoms with Crippen LogP contribution in [0.2, 0.25) is 0 Å². The summed E-state index contributed by atoms with van der Waals surface area (Å²) in [7, 11) is 0. The zero-order valence-electron chi connectivity index (χ0n) is 12.5. The van der Waals surface area contributed by atoms with Gasteiger partial charge < -0.3 is 5.32 Å². The van der Waals surface area contributed by atoms with Crippen molar-refractivity contribution in [3.63, 3.8) is 0 Å². The quantitative estimate of drug-likeness (QED) is 0.872. The van der Waals surface area contributed by atoms with Crippen LogP contribution in [0.4, 0.5) is 4.39 Å². The Balaban J connectivity index is 1.76. The number of likely N-dealkylation sites (N-methyl/N-ethyl adjacent to an activating group) is 1. The van der Waals surface area contributed by atoms with Gasteiger partial charge in [0.1, 0.15) is 5.82 Å². The first-order valence-corrected chi connectivity index (χ1v) is 8.60. The second-order valence-electron chi connectivity index (χ2n) is 6.01. The van der Waals surface area contributed by atoms with Crippen LogP contribution in [-0.2, 0) is 6.42 Å². The van der Waals surface area contributed by atoms with E-state index in [1.165, 1.54) is 13.1 Å². The van der Waals surface area contributed by atoms with E-state index in [1.54, 1.807) is 12.1 Å². The Morgan fingerprint density at radius 2 is 2.10 bits per heavy atom. The zero-order valence-corrected chi connectivity index (χ0v) is 14.1. The molecule has 2 bridgehead atoms. The SMILES string of the molecule is CCNC(Cc1cc(Br)ccc1F)C1CN2CCN1CC2. The fraction of sp³-hybridized carbons (Fsp3) is 0.625. The third kappa shape index (κ3) is 3.47. The number of hydrogen-bond acceptors (Lipinski definition) is 3. The van der Waals surface area contributed by atoms with Crippen LogP contribution in [0.25, 0.3) is 0 Å². The fourth-order valence-corrected chi connectivity index (χ4v) is 3.99. The van der Waals surface area contributed by atoms with E-state index >= 15 is 0 Å². The lowest BCUT2D eigenvalue weighted by atomic mass is 9.94. The molecule has 0 aliphatic carbocycles. The number of piperazine rings is 3. The van der Waals surface area contributed by atoms with Crippen molar-refractivity contribution in [1.82, 2.24) is 15.1 Å². The fourth-order valence-electron chi connectivity index (χ4n) is 3.58. The highest BCUT2D eigenvalue weighted by Crippen LogP contribution is 2.23. The van der Waals surface area contributed by atoms with Crippen molar-refractivity contribution in [2.45, 2.75) is 25.4 Å². The first kappa shape index (κ1) is 15.4.